The van der Waals surface area contributed by atoms with Crippen LogP contribution >= 0.6 is 0 Å². The summed E-state index contributed by atoms with van der Waals surface area (Å²) in [6.45, 7) is 3.91. The fourth-order valence-corrected chi connectivity index (χ4v) is 4.82. The summed E-state index contributed by atoms with van der Waals surface area (Å²) in [6.07, 6.45) is 3.77. The van der Waals surface area contributed by atoms with Crippen LogP contribution in [0.4, 0.5) is 0 Å². The molecule has 22 heavy (non-hydrogen) atoms. The standard InChI is InChI=1S/C17H19NO3S/c1-10-4-7-12(8-5-10)22(21)13-9-6-11(2)14-15(13)17(20)18(3)16(14)19/h4-9,11,13-15H,1-3H3/t11-,13+,14-,15+,22-/m0/s1. The van der Waals surface area contributed by atoms with Crippen molar-refractivity contribution < 1.29 is 13.8 Å². The van der Waals surface area contributed by atoms with Gasteiger partial charge in [-0.2, -0.15) is 0 Å². The second-order valence-corrected chi connectivity index (χ2v) is 7.72. The van der Waals surface area contributed by atoms with E-state index in [2.05, 4.69) is 0 Å². The van der Waals surface area contributed by atoms with Crippen molar-refractivity contribution in [1.29, 1.82) is 0 Å². The third kappa shape index (κ3) is 2.24. The molecule has 4 nitrogen and oxygen atoms in total. The Labute approximate surface area is 132 Å². The van der Waals surface area contributed by atoms with Gasteiger partial charge in [0.05, 0.1) is 27.9 Å². The Balaban J connectivity index is 1.98. The van der Waals surface area contributed by atoms with Crippen LogP contribution in [0.3, 0.4) is 0 Å². The zero-order chi connectivity index (χ0) is 16.0. The molecule has 1 aromatic carbocycles. The van der Waals surface area contributed by atoms with Gasteiger partial charge in [-0.3, -0.25) is 18.7 Å². The smallest absolute Gasteiger partial charge is 0.234 e. The van der Waals surface area contributed by atoms with Gasteiger partial charge in [-0.25, -0.2) is 0 Å². The minimum absolute atomic E-state index is 0.00216. The van der Waals surface area contributed by atoms with Crippen LogP contribution in [0, 0.1) is 24.7 Å². The molecule has 0 saturated carbocycles. The van der Waals surface area contributed by atoms with Gasteiger partial charge >= 0.3 is 0 Å². The highest BCUT2D eigenvalue weighted by molar-refractivity contribution is 7.86. The van der Waals surface area contributed by atoms with E-state index in [0.717, 1.165) is 5.56 Å². The summed E-state index contributed by atoms with van der Waals surface area (Å²) in [6, 6.07) is 7.48. The van der Waals surface area contributed by atoms with Crippen molar-refractivity contribution in [2.75, 3.05) is 7.05 Å². The summed E-state index contributed by atoms with van der Waals surface area (Å²) in [5.74, 6) is -1.27. The number of amides is 2. The van der Waals surface area contributed by atoms with E-state index >= 15 is 0 Å². The third-order valence-electron chi connectivity index (χ3n) is 4.64. The Kier molecular flexibility index (Phi) is 3.77. The van der Waals surface area contributed by atoms with Crippen LogP contribution in [-0.2, 0) is 20.4 Å². The lowest BCUT2D eigenvalue weighted by atomic mass is 9.78. The van der Waals surface area contributed by atoms with Gasteiger partial charge in [0, 0.05) is 11.9 Å². The molecule has 116 valence electrons. The maximum Gasteiger partial charge on any atom is 0.234 e. The molecule has 2 amide bonds. The molecule has 1 heterocycles. The summed E-state index contributed by atoms with van der Waals surface area (Å²) in [5, 5.41) is -0.440. The second kappa shape index (κ2) is 5.47. The number of hydrogen-bond acceptors (Lipinski definition) is 3. The Morgan fingerprint density at radius 3 is 2.23 bits per heavy atom. The molecule has 1 saturated heterocycles. The molecular formula is C17H19NO3S. The molecule has 3 rings (SSSR count). The minimum atomic E-state index is -1.34. The minimum Gasteiger partial charge on any atom is -0.285 e. The van der Waals surface area contributed by atoms with Crippen molar-refractivity contribution in [2.45, 2.75) is 24.0 Å². The first-order valence-electron chi connectivity index (χ1n) is 7.39. The molecule has 1 aromatic rings. The Morgan fingerprint density at radius 2 is 1.59 bits per heavy atom. The molecule has 5 atom stereocenters. The van der Waals surface area contributed by atoms with E-state index in [4.69, 9.17) is 0 Å². The molecule has 1 aliphatic heterocycles. The average Bonchev–Trinajstić information content (AvgIpc) is 2.74. The van der Waals surface area contributed by atoms with E-state index in [1.165, 1.54) is 11.9 Å². The number of aryl methyl sites for hydroxylation is 1. The van der Waals surface area contributed by atoms with Crippen LogP contribution in [0.15, 0.2) is 41.3 Å². The first-order valence-corrected chi connectivity index (χ1v) is 8.60. The van der Waals surface area contributed by atoms with Crippen molar-refractivity contribution in [3.63, 3.8) is 0 Å². The SMILES string of the molecule is Cc1ccc([S@](=O)[C@@H]2C=C[C@H](C)[C@@H]3C(=O)N(C)C(=O)[C@@H]32)cc1. The third-order valence-corrected chi connectivity index (χ3v) is 6.33. The van der Waals surface area contributed by atoms with Crippen LogP contribution in [0.25, 0.3) is 0 Å². The molecule has 2 aliphatic rings. The lowest BCUT2D eigenvalue weighted by Gasteiger charge is -2.29. The van der Waals surface area contributed by atoms with E-state index in [9.17, 15) is 13.8 Å². The maximum atomic E-state index is 12.9. The first kappa shape index (κ1) is 15.2. The predicted octanol–water partition coefficient (Wildman–Crippen LogP) is 1.91. The number of hydrogen-bond donors (Lipinski definition) is 0. The van der Waals surface area contributed by atoms with E-state index in [1.54, 1.807) is 0 Å². The van der Waals surface area contributed by atoms with Crippen LogP contribution in [0.1, 0.15) is 12.5 Å². The Hall–Kier alpha value is -1.75. The summed E-state index contributed by atoms with van der Waals surface area (Å²) in [5.41, 5.74) is 1.10. The van der Waals surface area contributed by atoms with Gasteiger partial charge in [0.15, 0.2) is 0 Å². The molecule has 0 N–H and O–H groups in total. The van der Waals surface area contributed by atoms with E-state index < -0.39 is 22.0 Å². The summed E-state index contributed by atoms with van der Waals surface area (Å²) in [7, 11) is 0.175. The number of carbonyl (C=O) groups excluding carboxylic acids is 2. The molecule has 1 aliphatic carbocycles. The van der Waals surface area contributed by atoms with E-state index in [-0.39, 0.29) is 23.7 Å². The largest absolute Gasteiger partial charge is 0.285 e. The molecule has 5 heteroatoms. The fraction of sp³-hybridized carbons (Fsp3) is 0.412. The predicted molar refractivity (Wildman–Crippen MR) is 84.4 cm³/mol. The highest BCUT2D eigenvalue weighted by Crippen LogP contribution is 2.40. The monoisotopic (exact) mass is 317 g/mol. The van der Waals surface area contributed by atoms with E-state index in [1.807, 2.05) is 50.3 Å². The van der Waals surface area contributed by atoms with Crippen molar-refractivity contribution in [3.8, 4) is 0 Å². The Bertz CT molecular complexity index is 680. The van der Waals surface area contributed by atoms with Crippen molar-refractivity contribution in [2.24, 2.45) is 17.8 Å². The van der Waals surface area contributed by atoms with Crippen LogP contribution in [0.2, 0.25) is 0 Å². The number of fused-ring (bicyclic) bond motifs is 1. The van der Waals surface area contributed by atoms with Crippen LogP contribution in [-0.4, -0.2) is 33.2 Å². The maximum absolute atomic E-state index is 12.9. The van der Waals surface area contributed by atoms with Gasteiger partial charge in [0.25, 0.3) is 0 Å². The van der Waals surface area contributed by atoms with Crippen molar-refractivity contribution in [1.82, 2.24) is 4.90 Å². The Morgan fingerprint density at radius 1 is 1.00 bits per heavy atom. The summed E-state index contributed by atoms with van der Waals surface area (Å²) < 4.78 is 12.9. The number of rotatable bonds is 2. The van der Waals surface area contributed by atoms with Crippen molar-refractivity contribution >= 4 is 22.6 Å². The summed E-state index contributed by atoms with van der Waals surface area (Å²) in [4.78, 5) is 26.6. The van der Waals surface area contributed by atoms with Gasteiger partial charge < -0.3 is 0 Å². The zero-order valence-electron chi connectivity index (χ0n) is 12.9. The van der Waals surface area contributed by atoms with Gasteiger partial charge in [-0.05, 0) is 25.0 Å². The highest BCUT2D eigenvalue weighted by atomic mass is 32.2. The first-order chi connectivity index (χ1) is 10.4. The number of allylic oxidation sites excluding steroid dienone is 1. The van der Waals surface area contributed by atoms with E-state index in [0.29, 0.717) is 4.90 Å². The van der Waals surface area contributed by atoms with Gasteiger partial charge in [-0.1, -0.05) is 36.8 Å². The van der Waals surface area contributed by atoms with Crippen molar-refractivity contribution in [3.05, 3.63) is 42.0 Å². The second-order valence-electron chi connectivity index (χ2n) is 6.11. The van der Waals surface area contributed by atoms with Crippen LogP contribution in [0.5, 0.6) is 0 Å². The zero-order valence-corrected chi connectivity index (χ0v) is 13.7. The number of benzene rings is 1. The number of likely N-dealkylation sites (tertiary alicyclic amines) is 1. The molecule has 0 radical (unpaired) electrons. The number of nitrogens with zero attached hydrogens (tertiary/aromatic N) is 1. The normalized spacial score (nSPS) is 32.2. The topological polar surface area (TPSA) is 54.5 Å². The average molecular weight is 317 g/mol. The van der Waals surface area contributed by atoms with Gasteiger partial charge in [0.1, 0.15) is 0 Å². The fourth-order valence-electron chi connectivity index (χ4n) is 3.32. The molecule has 0 unspecified atom stereocenters. The lowest BCUT2D eigenvalue weighted by Crippen LogP contribution is -2.38. The highest BCUT2D eigenvalue weighted by Gasteiger charge is 2.53. The summed E-state index contributed by atoms with van der Waals surface area (Å²) >= 11 is 0. The quantitative estimate of drug-likeness (QED) is 0.618. The molecule has 0 bridgehead atoms. The van der Waals surface area contributed by atoms with Gasteiger partial charge in [-0.15, -0.1) is 0 Å². The molecular weight excluding hydrogens is 298 g/mol. The molecule has 1 fully saturated rings. The molecule has 0 aromatic heterocycles. The van der Waals surface area contributed by atoms with Crippen LogP contribution < -0.4 is 0 Å². The lowest BCUT2D eigenvalue weighted by molar-refractivity contribution is -0.138. The number of imide groups is 1. The molecule has 0 spiro atoms. The number of carbonyl (C=O) groups is 2. The van der Waals surface area contributed by atoms with Gasteiger partial charge in [0.2, 0.25) is 11.8 Å².